The maximum atomic E-state index is 5.94. The Bertz CT molecular complexity index is 449. The molecule has 2 rings (SSSR count). The van der Waals surface area contributed by atoms with E-state index < -0.39 is 0 Å². The van der Waals surface area contributed by atoms with Crippen molar-refractivity contribution in [3.05, 3.63) is 17.6 Å². The Morgan fingerprint density at radius 3 is 2.80 bits per heavy atom. The van der Waals surface area contributed by atoms with Crippen molar-refractivity contribution in [2.75, 3.05) is 25.1 Å². The van der Waals surface area contributed by atoms with Gasteiger partial charge in [0.15, 0.2) is 0 Å². The van der Waals surface area contributed by atoms with E-state index in [1.165, 1.54) is 0 Å². The zero-order valence-electron chi connectivity index (χ0n) is 13.0. The largest absolute Gasteiger partial charge is 0.381 e. The predicted octanol–water partition coefficient (Wildman–Crippen LogP) is 1.85. The van der Waals surface area contributed by atoms with Crippen molar-refractivity contribution < 1.29 is 4.74 Å². The Balaban J connectivity index is 2.25. The summed E-state index contributed by atoms with van der Waals surface area (Å²) in [5, 5.41) is 0. The lowest BCUT2D eigenvalue weighted by molar-refractivity contribution is 0.0708. The predicted molar refractivity (Wildman–Crippen MR) is 81.1 cm³/mol. The van der Waals surface area contributed by atoms with Gasteiger partial charge in [0.25, 0.3) is 0 Å². The summed E-state index contributed by atoms with van der Waals surface area (Å²) >= 11 is 0. The van der Waals surface area contributed by atoms with Gasteiger partial charge in [0, 0.05) is 43.9 Å². The lowest BCUT2D eigenvalue weighted by Crippen LogP contribution is -2.49. The fraction of sp³-hybridized carbons (Fsp3) is 0.733. The minimum absolute atomic E-state index is 0.294. The van der Waals surface area contributed by atoms with Crippen LogP contribution in [-0.4, -0.2) is 42.3 Å². The van der Waals surface area contributed by atoms with Gasteiger partial charge in [-0.2, -0.15) is 0 Å². The highest BCUT2D eigenvalue weighted by atomic mass is 16.5. The molecule has 1 aliphatic heterocycles. The monoisotopic (exact) mass is 278 g/mol. The number of aryl methyl sites for hydroxylation is 1. The van der Waals surface area contributed by atoms with Crippen molar-refractivity contribution in [3.8, 4) is 0 Å². The van der Waals surface area contributed by atoms with Gasteiger partial charge in [-0.05, 0) is 19.8 Å². The summed E-state index contributed by atoms with van der Waals surface area (Å²) in [5.74, 6) is 2.25. The zero-order valence-corrected chi connectivity index (χ0v) is 13.0. The topological polar surface area (TPSA) is 64.3 Å². The van der Waals surface area contributed by atoms with Crippen LogP contribution in [0, 0.1) is 6.92 Å². The van der Waals surface area contributed by atoms with Crippen LogP contribution in [0.25, 0.3) is 0 Å². The molecule has 0 aliphatic carbocycles. The van der Waals surface area contributed by atoms with Crippen LogP contribution >= 0.6 is 0 Å². The van der Waals surface area contributed by atoms with E-state index in [1.54, 1.807) is 7.11 Å². The Labute approximate surface area is 121 Å². The van der Waals surface area contributed by atoms with Crippen LogP contribution in [0.4, 0.5) is 5.82 Å². The summed E-state index contributed by atoms with van der Waals surface area (Å²) in [6.07, 6.45) is 2.30. The van der Waals surface area contributed by atoms with Crippen LogP contribution in [0.5, 0.6) is 0 Å². The molecule has 112 valence electrons. The zero-order chi connectivity index (χ0) is 14.7. The normalized spacial score (nSPS) is 23.4. The standard InChI is InChI=1S/C15H26N4O/c1-10(2)15-17-11(3)7-14(18-15)19-6-5-13(20-4)8-12(19)9-16/h7,10,12-13H,5-6,8-9,16H2,1-4H3. The third-order valence-corrected chi connectivity index (χ3v) is 3.94. The molecule has 0 bridgehead atoms. The first-order valence-electron chi connectivity index (χ1n) is 7.40. The van der Waals surface area contributed by atoms with Crippen molar-refractivity contribution in [1.29, 1.82) is 0 Å². The first-order chi connectivity index (χ1) is 9.55. The summed E-state index contributed by atoms with van der Waals surface area (Å²) in [5.41, 5.74) is 6.96. The number of aromatic nitrogens is 2. The summed E-state index contributed by atoms with van der Waals surface area (Å²) in [4.78, 5) is 11.6. The molecule has 2 atom stereocenters. The molecule has 0 spiro atoms. The second-order valence-corrected chi connectivity index (χ2v) is 5.85. The van der Waals surface area contributed by atoms with Crippen molar-refractivity contribution in [3.63, 3.8) is 0 Å². The van der Waals surface area contributed by atoms with E-state index in [0.717, 1.165) is 36.7 Å². The number of piperidine rings is 1. The highest BCUT2D eigenvalue weighted by Gasteiger charge is 2.28. The number of rotatable bonds is 4. The highest BCUT2D eigenvalue weighted by molar-refractivity contribution is 5.42. The third kappa shape index (κ3) is 3.27. The van der Waals surface area contributed by atoms with Gasteiger partial charge in [0.2, 0.25) is 0 Å². The molecular weight excluding hydrogens is 252 g/mol. The fourth-order valence-corrected chi connectivity index (χ4v) is 2.73. The minimum Gasteiger partial charge on any atom is -0.381 e. The average molecular weight is 278 g/mol. The van der Waals surface area contributed by atoms with Gasteiger partial charge in [-0.15, -0.1) is 0 Å². The Hall–Kier alpha value is -1.20. The molecule has 2 unspecified atom stereocenters. The van der Waals surface area contributed by atoms with E-state index in [2.05, 4.69) is 29.8 Å². The molecule has 2 heterocycles. The number of hydrogen-bond donors (Lipinski definition) is 1. The number of methoxy groups -OCH3 is 1. The molecule has 0 aromatic carbocycles. The van der Waals surface area contributed by atoms with Gasteiger partial charge in [-0.3, -0.25) is 0 Å². The first kappa shape index (κ1) is 15.2. The smallest absolute Gasteiger partial charge is 0.133 e. The molecule has 2 N–H and O–H groups in total. The summed E-state index contributed by atoms with van der Waals surface area (Å²) in [7, 11) is 1.78. The van der Waals surface area contributed by atoms with Crippen LogP contribution in [0.2, 0.25) is 0 Å². The summed E-state index contributed by atoms with van der Waals surface area (Å²) in [6, 6.07) is 2.35. The number of anilines is 1. The Morgan fingerprint density at radius 2 is 2.20 bits per heavy atom. The van der Waals surface area contributed by atoms with Crippen LogP contribution in [0.3, 0.4) is 0 Å². The van der Waals surface area contributed by atoms with Crippen molar-refractivity contribution >= 4 is 5.82 Å². The van der Waals surface area contributed by atoms with Gasteiger partial charge < -0.3 is 15.4 Å². The van der Waals surface area contributed by atoms with E-state index in [-0.39, 0.29) is 0 Å². The molecule has 0 saturated carbocycles. The van der Waals surface area contributed by atoms with Gasteiger partial charge in [-0.25, -0.2) is 9.97 Å². The highest BCUT2D eigenvalue weighted by Crippen LogP contribution is 2.25. The molecule has 0 amide bonds. The fourth-order valence-electron chi connectivity index (χ4n) is 2.73. The lowest BCUT2D eigenvalue weighted by atomic mass is 9.99. The number of hydrogen-bond acceptors (Lipinski definition) is 5. The van der Waals surface area contributed by atoms with Crippen LogP contribution in [0.15, 0.2) is 6.07 Å². The van der Waals surface area contributed by atoms with E-state index >= 15 is 0 Å². The van der Waals surface area contributed by atoms with E-state index in [0.29, 0.717) is 24.6 Å². The Morgan fingerprint density at radius 1 is 1.45 bits per heavy atom. The van der Waals surface area contributed by atoms with Gasteiger partial charge in [-0.1, -0.05) is 13.8 Å². The number of nitrogens with zero attached hydrogens (tertiary/aromatic N) is 3. The lowest BCUT2D eigenvalue weighted by Gasteiger charge is -2.39. The van der Waals surface area contributed by atoms with E-state index in [4.69, 9.17) is 15.5 Å². The van der Waals surface area contributed by atoms with E-state index in [1.807, 2.05) is 6.92 Å². The third-order valence-electron chi connectivity index (χ3n) is 3.94. The molecule has 1 fully saturated rings. The number of ether oxygens (including phenoxy) is 1. The van der Waals surface area contributed by atoms with E-state index in [9.17, 15) is 0 Å². The molecule has 1 saturated heterocycles. The molecule has 1 aliphatic rings. The van der Waals surface area contributed by atoms with Crippen LogP contribution in [0.1, 0.15) is 44.1 Å². The molecule has 5 nitrogen and oxygen atoms in total. The number of nitrogens with two attached hydrogens (primary N) is 1. The van der Waals surface area contributed by atoms with Crippen molar-refractivity contribution in [2.24, 2.45) is 5.73 Å². The second kappa shape index (κ2) is 6.50. The molecule has 5 heteroatoms. The molecule has 1 aromatic heterocycles. The van der Waals surface area contributed by atoms with Crippen LogP contribution in [-0.2, 0) is 4.74 Å². The summed E-state index contributed by atoms with van der Waals surface area (Å²) < 4.78 is 5.48. The van der Waals surface area contributed by atoms with Gasteiger partial charge >= 0.3 is 0 Å². The van der Waals surface area contributed by atoms with Gasteiger partial charge in [0.1, 0.15) is 11.6 Å². The molecule has 20 heavy (non-hydrogen) atoms. The minimum atomic E-state index is 0.294. The SMILES string of the molecule is COC1CCN(c2cc(C)nc(C(C)C)n2)C(CN)C1. The maximum Gasteiger partial charge on any atom is 0.133 e. The molecular formula is C15H26N4O. The molecule has 1 aromatic rings. The van der Waals surface area contributed by atoms with Gasteiger partial charge in [0.05, 0.1) is 6.10 Å². The Kier molecular flexibility index (Phi) is 4.94. The second-order valence-electron chi connectivity index (χ2n) is 5.85. The first-order valence-corrected chi connectivity index (χ1v) is 7.40. The van der Waals surface area contributed by atoms with Crippen LogP contribution < -0.4 is 10.6 Å². The average Bonchev–Trinajstić information content (AvgIpc) is 2.45. The molecule has 0 radical (unpaired) electrons. The van der Waals surface area contributed by atoms with Crippen molar-refractivity contribution in [1.82, 2.24) is 9.97 Å². The van der Waals surface area contributed by atoms with Crippen molar-refractivity contribution in [2.45, 2.75) is 51.7 Å². The summed E-state index contributed by atoms with van der Waals surface area (Å²) in [6.45, 7) is 7.83. The quantitative estimate of drug-likeness (QED) is 0.910. The maximum absolute atomic E-state index is 5.94.